The lowest BCUT2D eigenvalue weighted by atomic mass is 9.90. The van der Waals surface area contributed by atoms with Gasteiger partial charge in [-0.05, 0) is 92.3 Å². The molecule has 1 aliphatic carbocycles. The number of pyridine rings is 1. The summed E-state index contributed by atoms with van der Waals surface area (Å²) in [4.78, 5) is 29.1. The minimum absolute atomic E-state index is 0.0197. The maximum absolute atomic E-state index is 14.4. The van der Waals surface area contributed by atoms with Gasteiger partial charge in [-0.15, -0.1) is 0 Å². The van der Waals surface area contributed by atoms with Gasteiger partial charge in [0.2, 0.25) is 0 Å². The average Bonchev–Trinajstić information content (AvgIpc) is 2.89. The van der Waals surface area contributed by atoms with Crippen molar-refractivity contribution < 1.29 is 14.0 Å². The topological polar surface area (TPSA) is 71.1 Å². The molecule has 1 aliphatic rings. The van der Waals surface area contributed by atoms with Crippen molar-refractivity contribution in [2.75, 3.05) is 5.32 Å². The molecule has 2 N–H and O–H groups in total. The predicted molar refractivity (Wildman–Crippen MR) is 146 cm³/mol. The van der Waals surface area contributed by atoms with Gasteiger partial charge in [0, 0.05) is 45.5 Å². The number of carbonyl (C=O) groups excluding carboxylic acids is 2. The Morgan fingerprint density at radius 1 is 0.892 bits per heavy atom. The van der Waals surface area contributed by atoms with E-state index in [0.717, 1.165) is 42.3 Å². The van der Waals surface area contributed by atoms with E-state index in [-0.39, 0.29) is 29.3 Å². The van der Waals surface area contributed by atoms with Gasteiger partial charge in [-0.25, -0.2) is 4.39 Å². The van der Waals surface area contributed by atoms with Crippen LogP contribution in [0.3, 0.4) is 0 Å². The molecule has 1 heterocycles. The van der Waals surface area contributed by atoms with Crippen LogP contribution in [0.5, 0.6) is 0 Å². The van der Waals surface area contributed by atoms with Crippen molar-refractivity contribution in [2.24, 2.45) is 0 Å². The fourth-order valence-corrected chi connectivity index (χ4v) is 5.09. The molecular formula is C30H27ClFN3O2. The highest BCUT2D eigenvalue weighted by molar-refractivity contribution is 6.31. The second kappa shape index (κ2) is 10.7. The smallest absolute Gasteiger partial charge is 0.251 e. The Kier molecular flexibility index (Phi) is 7.19. The quantitative estimate of drug-likeness (QED) is 0.270. The van der Waals surface area contributed by atoms with Crippen LogP contribution in [-0.4, -0.2) is 28.8 Å². The number of rotatable bonds is 6. The molecule has 1 amide bonds. The largest absolute Gasteiger partial charge is 0.382 e. The second-order valence-corrected chi connectivity index (χ2v) is 9.99. The Morgan fingerprint density at radius 2 is 1.65 bits per heavy atom. The summed E-state index contributed by atoms with van der Waals surface area (Å²) in [5.74, 6) is -0.852. The van der Waals surface area contributed by atoms with Crippen molar-refractivity contribution in [3.63, 3.8) is 0 Å². The number of fused-ring (bicyclic) bond motifs is 1. The van der Waals surface area contributed by atoms with E-state index in [9.17, 15) is 14.0 Å². The van der Waals surface area contributed by atoms with E-state index in [1.165, 1.54) is 19.1 Å². The summed E-state index contributed by atoms with van der Waals surface area (Å²) < 4.78 is 14.4. The number of Topliss-reactive ketones (excluding diaryl/α,β-unsaturated/α-hetero) is 1. The van der Waals surface area contributed by atoms with Gasteiger partial charge in [0.1, 0.15) is 5.82 Å². The molecule has 1 fully saturated rings. The molecule has 0 unspecified atom stereocenters. The van der Waals surface area contributed by atoms with Gasteiger partial charge < -0.3 is 10.6 Å². The highest BCUT2D eigenvalue weighted by Gasteiger charge is 2.23. The lowest BCUT2D eigenvalue weighted by Gasteiger charge is -2.30. The van der Waals surface area contributed by atoms with Crippen molar-refractivity contribution in [1.82, 2.24) is 10.3 Å². The summed E-state index contributed by atoms with van der Waals surface area (Å²) >= 11 is 6.10. The van der Waals surface area contributed by atoms with Crippen LogP contribution in [0.15, 0.2) is 72.9 Å². The molecule has 0 atom stereocenters. The third-order valence-electron chi connectivity index (χ3n) is 6.89. The van der Waals surface area contributed by atoms with E-state index in [4.69, 9.17) is 11.6 Å². The summed E-state index contributed by atoms with van der Waals surface area (Å²) in [5, 5.41) is 8.39. The molecule has 0 spiro atoms. The predicted octanol–water partition coefficient (Wildman–Crippen LogP) is 7.05. The first kappa shape index (κ1) is 24.9. The van der Waals surface area contributed by atoms with Gasteiger partial charge in [-0.3, -0.25) is 14.6 Å². The van der Waals surface area contributed by atoms with Crippen LogP contribution in [0.25, 0.3) is 22.0 Å². The molecule has 5 nitrogen and oxygen atoms in total. The zero-order valence-corrected chi connectivity index (χ0v) is 21.2. The molecule has 1 aromatic heterocycles. The maximum Gasteiger partial charge on any atom is 0.251 e. The van der Waals surface area contributed by atoms with Crippen LogP contribution < -0.4 is 10.6 Å². The zero-order chi connectivity index (χ0) is 25.9. The molecule has 4 aromatic rings. The number of halogens is 2. The monoisotopic (exact) mass is 515 g/mol. The van der Waals surface area contributed by atoms with Gasteiger partial charge >= 0.3 is 0 Å². The minimum Gasteiger partial charge on any atom is -0.382 e. The van der Waals surface area contributed by atoms with Crippen LogP contribution in [0, 0.1) is 5.82 Å². The summed E-state index contributed by atoms with van der Waals surface area (Å²) in [6.07, 6.45) is 5.21. The van der Waals surface area contributed by atoms with Crippen LogP contribution in [0.1, 0.15) is 53.3 Å². The summed E-state index contributed by atoms with van der Waals surface area (Å²) in [6.45, 7) is 1.49. The number of aromatic nitrogens is 1. The number of hydrogen-bond acceptors (Lipinski definition) is 4. The van der Waals surface area contributed by atoms with Gasteiger partial charge in [-0.1, -0.05) is 29.8 Å². The average molecular weight is 516 g/mol. The Balaban J connectivity index is 1.22. The Labute approximate surface area is 220 Å². The molecule has 7 heteroatoms. The molecule has 3 aromatic carbocycles. The fourth-order valence-electron chi connectivity index (χ4n) is 4.92. The van der Waals surface area contributed by atoms with E-state index < -0.39 is 5.82 Å². The molecule has 0 radical (unpaired) electrons. The number of ketones is 1. The molecule has 188 valence electrons. The van der Waals surface area contributed by atoms with Crippen molar-refractivity contribution in [1.29, 1.82) is 0 Å². The molecule has 0 saturated heterocycles. The van der Waals surface area contributed by atoms with Crippen molar-refractivity contribution >= 4 is 39.9 Å². The highest BCUT2D eigenvalue weighted by Crippen LogP contribution is 2.29. The second-order valence-electron chi connectivity index (χ2n) is 9.55. The number of nitrogens with zero attached hydrogens (tertiary/aromatic N) is 1. The number of amides is 1. The molecule has 0 aliphatic heterocycles. The number of carbonyl (C=O) groups is 2. The summed E-state index contributed by atoms with van der Waals surface area (Å²) in [5.41, 5.74) is 3.94. The van der Waals surface area contributed by atoms with Gasteiger partial charge in [0.15, 0.2) is 5.78 Å². The lowest BCUT2D eigenvalue weighted by Crippen LogP contribution is -2.40. The van der Waals surface area contributed by atoms with E-state index in [1.54, 1.807) is 36.5 Å². The van der Waals surface area contributed by atoms with Gasteiger partial charge in [-0.2, -0.15) is 0 Å². The third kappa shape index (κ3) is 5.81. The van der Waals surface area contributed by atoms with Crippen molar-refractivity contribution in [3.05, 3.63) is 94.9 Å². The Bertz CT molecular complexity index is 1480. The fraction of sp³-hybridized carbons (Fsp3) is 0.233. The number of hydrogen-bond donors (Lipinski definition) is 2. The SMILES string of the molecule is CC(=O)c1cccc(-c2cc(F)cc(C(=O)NC3CCC(Nc4ccnc5cc(Cl)ccc45)CC3)c2)c1. The van der Waals surface area contributed by atoms with E-state index >= 15 is 0 Å². The molecule has 0 bridgehead atoms. The standard InChI is InChI=1S/C30H27ClFN3O2/c1-18(36)19-3-2-4-20(13-19)21-14-22(16-24(32)15-21)30(37)35-26-8-6-25(7-9-26)34-28-11-12-33-29-17-23(31)5-10-27(28)29/h2-5,10-17,25-26H,6-9H2,1H3,(H,33,34)(H,35,37). The van der Waals surface area contributed by atoms with Crippen LogP contribution in [0.2, 0.25) is 5.02 Å². The lowest BCUT2D eigenvalue weighted by molar-refractivity contribution is 0.0925. The Morgan fingerprint density at radius 3 is 2.43 bits per heavy atom. The van der Waals surface area contributed by atoms with Gasteiger partial charge in [0.25, 0.3) is 5.91 Å². The number of anilines is 1. The molecule has 37 heavy (non-hydrogen) atoms. The zero-order valence-electron chi connectivity index (χ0n) is 20.4. The van der Waals surface area contributed by atoms with Crippen LogP contribution in [-0.2, 0) is 0 Å². The highest BCUT2D eigenvalue weighted by atomic mass is 35.5. The van der Waals surface area contributed by atoms with Crippen LogP contribution in [0.4, 0.5) is 10.1 Å². The third-order valence-corrected chi connectivity index (χ3v) is 7.12. The number of benzene rings is 3. The van der Waals surface area contributed by atoms with Crippen molar-refractivity contribution in [2.45, 2.75) is 44.7 Å². The van der Waals surface area contributed by atoms with Gasteiger partial charge in [0.05, 0.1) is 5.52 Å². The molecule has 1 saturated carbocycles. The van der Waals surface area contributed by atoms with E-state index in [1.807, 2.05) is 24.3 Å². The summed E-state index contributed by atoms with van der Waals surface area (Å²) in [7, 11) is 0. The Hall–Kier alpha value is -3.77. The molecular weight excluding hydrogens is 489 g/mol. The number of nitrogens with one attached hydrogen (secondary N) is 2. The molecule has 5 rings (SSSR count). The first-order valence-corrected chi connectivity index (χ1v) is 12.8. The first-order chi connectivity index (χ1) is 17.9. The normalized spacial score (nSPS) is 17.4. The van der Waals surface area contributed by atoms with Crippen molar-refractivity contribution in [3.8, 4) is 11.1 Å². The summed E-state index contributed by atoms with van der Waals surface area (Å²) in [6, 6.07) is 19.3. The first-order valence-electron chi connectivity index (χ1n) is 12.4. The van der Waals surface area contributed by atoms with E-state index in [0.29, 0.717) is 21.7 Å². The van der Waals surface area contributed by atoms with E-state index in [2.05, 4.69) is 15.6 Å². The van der Waals surface area contributed by atoms with Crippen LogP contribution >= 0.6 is 11.6 Å². The minimum atomic E-state index is -0.491. The maximum atomic E-state index is 14.4.